The van der Waals surface area contributed by atoms with Crippen LogP contribution in [-0.4, -0.2) is 30.1 Å². The maximum Gasteiger partial charge on any atom is 0.341 e. The Balaban J connectivity index is 2.86. The molecule has 1 aliphatic rings. The monoisotopic (exact) mass is 361 g/mol. The maximum atomic E-state index is 12.3. The summed E-state index contributed by atoms with van der Waals surface area (Å²) in [6.45, 7) is 6.77. The van der Waals surface area contributed by atoms with E-state index < -0.39 is 23.8 Å². The summed E-state index contributed by atoms with van der Waals surface area (Å²) in [5, 5.41) is 12.5. The fourth-order valence-corrected chi connectivity index (χ4v) is 3.20. The molecule has 1 aliphatic heterocycles. The van der Waals surface area contributed by atoms with Crippen LogP contribution in [0.5, 0.6) is 5.75 Å². The molecule has 7 nitrogen and oxygen atoms in total. The van der Waals surface area contributed by atoms with Crippen molar-refractivity contribution in [1.82, 2.24) is 0 Å². The molecule has 0 saturated heterocycles. The van der Waals surface area contributed by atoms with E-state index in [2.05, 4.69) is 5.32 Å². The minimum absolute atomic E-state index is 0.0643. The highest BCUT2D eigenvalue weighted by Crippen LogP contribution is 2.45. The van der Waals surface area contributed by atoms with E-state index >= 15 is 0 Å². The Morgan fingerprint density at radius 2 is 2.04 bits per heavy atom. The van der Waals surface area contributed by atoms with E-state index in [0.717, 1.165) is 5.57 Å². The van der Waals surface area contributed by atoms with Crippen molar-refractivity contribution >= 4 is 23.5 Å². The SMILES string of the molecule is C/C=C(\C)CC(C(=O)O)c1c(NC(C)=O)c2c(c(C)c1OC)COC2=O. The number of amides is 1. The van der Waals surface area contributed by atoms with Crippen LogP contribution < -0.4 is 10.1 Å². The number of carbonyl (C=O) groups excluding carboxylic acids is 2. The molecule has 1 heterocycles. The molecular weight excluding hydrogens is 338 g/mol. The summed E-state index contributed by atoms with van der Waals surface area (Å²) < 4.78 is 10.6. The van der Waals surface area contributed by atoms with E-state index in [4.69, 9.17) is 9.47 Å². The zero-order valence-electron chi connectivity index (χ0n) is 15.6. The lowest BCUT2D eigenvalue weighted by Crippen LogP contribution is -2.20. The molecule has 1 aromatic rings. The van der Waals surface area contributed by atoms with Crippen LogP contribution in [0.4, 0.5) is 5.69 Å². The fraction of sp³-hybridized carbons (Fsp3) is 0.421. The van der Waals surface area contributed by atoms with Crippen molar-refractivity contribution in [3.63, 3.8) is 0 Å². The van der Waals surface area contributed by atoms with Crippen LogP contribution in [0.1, 0.15) is 60.2 Å². The number of carboxylic acids is 1. The van der Waals surface area contributed by atoms with Crippen LogP contribution in [0.3, 0.4) is 0 Å². The van der Waals surface area contributed by atoms with Gasteiger partial charge >= 0.3 is 11.9 Å². The van der Waals surface area contributed by atoms with Gasteiger partial charge in [-0.25, -0.2) is 4.79 Å². The number of methoxy groups -OCH3 is 1. The molecule has 26 heavy (non-hydrogen) atoms. The predicted molar refractivity (Wildman–Crippen MR) is 95.6 cm³/mol. The third-order valence-corrected chi connectivity index (χ3v) is 4.58. The number of nitrogens with one attached hydrogen (secondary N) is 1. The quantitative estimate of drug-likeness (QED) is 0.596. The molecule has 0 aliphatic carbocycles. The molecular formula is C19H23NO6. The number of carboxylic acid groups (broad SMARTS) is 1. The molecule has 0 fully saturated rings. The Morgan fingerprint density at radius 1 is 1.38 bits per heavy atom. The van der Waals surface area contributed by atoms with Gasteiger partial charge in [0.15, 0.2) is 0 Å². The first kappa shape index (κ1) is 19.5. The van der Waals surface area contributed by atoms with E-state index in [1.807, 2.05) is 19.9 Å². The van der Waals surface area contributed by atoms with Gasteiger partial charge in [0, 0.05) is 18.1 Å². The second-order valence-corrected chi connectivity index (χ2v) is 6.29. The van der Waals surface area contributed by atoms with Gasteiger partial charge < -0.3 is 19.9 Å². The zero-order chi connectivity index (χ0) is 19.6. The molecule has 0 spiro atoms. The van der Waals surface area contributed by atoms with Crippen molar-refractivity contribution in [2.45, 2.75) is 46.6 Å². The lowest BCUT2D eigenvalue weighted by Gasteiger charge is -2.24. The first-order valence-electron chi connectivity index (χ1n) is 8.25. The Labute approximate surface area is 152 Å². The van der Waals surface area contributed by atoms with Crippen LogP contribution in [-0.2, 0) is 20.9 Å². The molecule has 1 atom stereocenters. The van der Waals surface area contributed by atoms with Crippen molar-refractivity contribution in [1.29, 1.82) is 0 Å². The Bertz CT molecular complexity index is 809. The largest absolute Gasteiger partial charge is 0.496 e. The van der Waals surface area contributed by atoms with E-state index in [0.29, 0.717) is 16.9 Å². The number of carbonyl (C=O) groups is 3. The number of cyclic esters (lactones) is 1. The van der Waals surface area contributed by atoms with Gasteiger partial charge in [-0.05, 0) is 32.8 Å². The van der Waals surface area contributed by atoms with Gasteiger partial charge in [-0.3, -0.25) is 9.59 Å². The molecule has 140 valence electrons. The van der Waals surface area contributed by atoms with Gasteiger partial charge in [0.2, 0.25) is 5.91 Å². The highest BCUT2D eigenvalue weighted by molar-refractivity contribution is 6.06. The summed E-state index contributed by atoms with van der Waals surface area (Å²) in [5.41, 5.74) is 2.76. The minimum atomic E-state index is -1.07. The maximum absolute atomic E-state index is 12.3. The third-order valence-electron chi connectivity index (χ3n) is 4.58. The normalized spacial score (nSPS) is 14.5. The molecule has 2 rings (SSSR count). The van der Waals surface area contributed by atoms with E-state index in [1.54, 1.807) is 6.92 Å². The number of benzene rings is 1. The molecule has 0 aromatic heterocycles. The molecule has 0 saturated carbocycles. The average molecular weight is 361 g/mol. The highest BCUT2D eigenvalue weighted by atomic mass is 16.5. The van der Waals surface area contributed by atoms with Crippen molar-refractivity contribution < 1.29 is 29.0 Å². The number of rotatable bonds is 6. The Hall–Kier alpha value is -2.83. The lowest BCUT2D eigenvalue weighted by molar-refractivity contribution is -0.138. The summed E-state index contributed by atoms with van der Waals surface area (Å²) in [6, 6.07) is 0. The van der Waals surface area contributed by atoms with Gasteiger partial charge in [0.05, 0.1) is 24.3 Å². The molecule has 0 bridgehead atoms. The molecule has 2 N–H and O–H groups in total. The van der Waals surface area contributed by atoms with Gasteiger partial charge in [-0.15, -0.1) is 0 Å². The first-order chi connectivity index (χ1) is 12.2. The Kier molecular flexibility index (Phi) is 5.69. The van der Waals surface area contributed by atoms with E-state index in [1.165, 1.54) is 14.0 Å². The van der Waals surface area contributed by atoms with Gasteiger partial charge in [0.1, 0.15) is 12.4 Å². The second-order valence-electron chi connectivity index (χ2n) is 6.29. The zero-order valence-corrected chi connectivity index (χ0v) is 15.6. The summed E-state index contributed by atoms with van der Waals surface area (Å²) in [6.07, 6.45) is 2.05. The number of anilines is 1. The molecule has 0 radical (unpaired) electrons. The molecule has 1 aromatic carbocycles. The van der Waals surface area contributed by atoms with Crippen LogP contribution in [0.15, 0.2) is 11.6 Å². The number of ether oxygens (including phenoxy) is 2. The van der Waals surface area contributed by atoms with Gasteiger partial charge in [0.25, 0.3) is 0 Å². The Morgan fingerprint density at radius 3 is 2.54 bits per heavy atom. The van der Waals surface area contributed by atoms with Crippen molar-refractivity contribution in [2.24, 2.45) is 0 Å². The topological polar surface area (TPSA) is 102 Å². The molecule has 1 unspecified atom stereocenters. The van der Waals surface area contributed by atoms with Gasteiger partial charge in [-0.1, -0.05) is 11.6 Å². The second kappa shape index (κ2) is 7.59. The minimum Gasteiger partial charge on any atom is -0.496 e. The number of allylic oxidation sites excluding steroid dienone is 2. The molecule has 1 amide bonds. The highest BCUT2D eigenvalue weighted by Gasteiger charge is 2.37. The first-order valence-corrected chi connectivity index (χ1v) is 8.25. The van der Waals surface area contributed by atoms with E-state index in [-0.39, 0.29) is 29.8 Å². The van der Waals surface area contributed by atoms with Crippen LogP contribution in [0.25, 0.3) is 0 Å². The summed E-state index contributed by atoms with van der Waals surface area (Å²) in [4.78, 5) is 36.1. The standard InChI is InChI=1S/C19H23NO6/c1-6-9(2)7-12(18(22)23)14-16(20-11(4)21)15-13(8-26-19(15)24)10(3)17(14)25-5/h6,12H,7-8H2,1-5H3,(H,20,21)(H,22,23)/b9-6+. The third kappa shape index (κ3) is 3.42. The number of hydrogen-bond acceptors (Lipinski definition) is 5. The number of fused-ring (bicyclic) bond motifs is 1. The predicted octanol–water partition coefficient (Wildman–Crippen LogP) is 3.16. The van der Waals surface area contributed by atoms with Gasteiger partial charge in [-0.2, -0.15) is 0 Å². The average Bonchev–Trinajstić information content (AvgIpc) is 2.96. The number of hydrogen-bond donors (Lipinski definition) is 2. The number of esters is 1. The number of aliphatic carboxylic acids is 1. The summed E-state index contributed by atoms with van der Waals surface area (Å²) in [5.74, 6) is -2.70. The van der Waals surface area contributed by atoms with Crippen LogP contribution in [0.2, 0.25) is 0 Å². The smallest absolute Gasteiger partial charge is 0.341 e. The van der Waals surface area contributed by atoms with Crippen LogP contribution in [0, 0.1) is 6.92 Å². The van der Waals surface area contributed by atoms with Crippen molar-refractivity contribution in [3.05, 3.63) is 33.9 Å². The summed E-state index contributed by atoms with van der Waals surface area (Å²) in [7, 11) is 1.44. The summed E-state index contributed by atoms with van der Waals surface area (Å²) >= 11 is 0. The lowest BCUT2D eigenvalue weighted by atomic mass is 9.85. The van der Waals surface area contributed by atoms with Crippen molar-refractivity contribution in [2.75, 3.05) is 12.4 Å². The van der Waals surface area contributed by atoms with Crippen LogP contribution >= 0.6 is 0 Å². The van der Waals surface area contributed by atoms with Crippen molar-refractivity contribution in [3.8, 4) is 5.75 Å². The fourth-order valence-electron chi connectivity index (χ4n) is 3.20. The molecule has 7 heteroatoms. The van der Waals surface area contributed by atoms with E-state index in [9.17, 15) is 19.5 Å².